The summed E-state index contributed by atoms with van der Waals surface area (Å²) in [6.07, 6.45) is 1.87. The fourth-order valence-electron chi connectivity index (χ4n) is 4.02. The molecule has 1 amide bonds. The second-order valence-corrected chi connectivity index (χ2v) is 7.67. The Morgan fingerprint density at radius 2 is 1.91 bits per heavy atom. The number of hydrogen-bond donors (Lipinski definition) is 2. The highest BCUT2D eigenvalue weighted by Gasteiger charge is 2.25. The van der Waals surface area contributed by atoms with Crippen molar-refractivity contribution in [2.45, 2.75) is 18.9 Å². The van der Waals surface area contributed by atoms with Gasteiger partial charge in [-0.05, 0) is 54.8 Å². The molecule has 3 aromatic rings. The topological polar surface area (TPSA) is 88.7 Å². The number of aromatic amines is 1. The van der Waals surface area contributed by atoms with Crippen molar-refractivity contribution in [2.24, 2.45) is 0 Å². The van der Waals surface area contributed by atoms with Crippen molar-refractivity contribution in [3.63, 3.8) is 0 Å². The summed E-state index contributed by atoms with van der Waals surface area (Å²) in [6.45, 7) is 1.58. The van der Waals surface area contributed by atoms with Gasteiger partial charge in [0.05, 0.1) is 32.6 Å². The highest BCUT2D eigenvalue weighted by atomic mass is 16.5. The molecule has 1 unspecified atom stereocenters. The van der Waals surface area contributed by atoms with Crippen LogP contribution in [0.15, 0.2) is 48.5 Å². The number of H-pyrrole nitrogens is 1. The minimum absolute atomic E-state index is 0.00768. The van der Waals surface area contributed by atoms with Crippen LogP contribution in [-0.2, 0) is 0 Å². The number of nitrogens with one attached hydrogen (secondary N) is 2. The summed E-state index contributed by atoms with van der Waals surface area (Å²) < 4.78 is 15.9. The standard InChI is InChI=1S/C24H28N4O4/c1-30-18-11-9-16(10-12-18)20-14-22(27-26-20)28-13-5-6-17(15-28)25-24(29)19-7-4-8-21(31-2)23(19)32-3/h4,7-12,14,17H,5-6,13,15H2,1-3H3,(H,25,29)(H,26,27). The maximum atomic E-state index is 12.9. The molecule has 2 N–H and O–H groups in total. The van der Waals surface area contributed by atoms with Gasteiger partial charge < -0.3 is 24.4 Å². The Labute approximate surface area is 187 Å². The third-order valence-corrected chi connectivity index (χ3v) is 5.69. The number of amides is 1. The number of ether oxygens (including phenoxy) is 3. The van der Waals surface area contributed by atoms with Gasteiger partial charge in [0.15, 0.2) is 17.3 Å². The maximum absolute atomic E-state index is 12.9. The molecule has 2 heterocycles. The van der Waals surface area contributed by atoms with Crippen LogP contribution in [-0.4, -0.2) is 56.6 Å². The molecule has 0 spiro atoms. The van der Waals surface area contributed by atoms with Gasteiger partial charge in [0.25, 0.3) is 5.91 Å². The van der Waals surface area contributed by atoms with Crippen LogP contribution in [0.3, 0.4) is 0 Å². The Kier molecular flexibility index (Phi) is 6.49. The Morgan fingerprint density at radius 1 is 1.09 bits per heavy atom. The molecule has 1 aliphatic heterocycles. The molecule has 1 fully saturated rings. The van der Waals surface area contributed by atoms with Gasteiger partial charge in [-0.2, -0.15) is 5.10 Å². The number of piperidine rings is 1. The quantitative estimate of drug-likeness (QED) is 0.589. The van der Waals surface area contributed by atoms with Gasteiger partial charge in [0.2, 0.25) is 0 Å². The second kappa shape index (κ2) is 9.64. The highest BCUT2D eigenvalue weighted by molar-refractivity contribution is 5.98. The number of nitrogens with zero attached hydrogens (tertiary/aromatic N) is 2. The number of carbonyl (C=O) groups excluding carboxylic acids is 1. The van der Waals surface area contributed by atoms with Crippen molar-refractivity contribution in [3.8, 4) is 28.5 Å². The van der Waals surface area contributed by atoms with E-state index in [-0.39, 0.29) is 11.9 Å². The van der Waals surface area contributed by atoms with Gasteiger partial charge in [-0.1, -0.05) is 6.07 Å². The predicted octanol–water partition coefficient (Wildman–Crippen LogP) is 3.50. The fourth-order valence-corrected chi connectivity index (χ4v) is 4.02. The van der Waals surface area contributed by atoms with E-state index in [0.29, 0.717) is 23.6 Å². The first-order valence-corrected chi connectivity index (χ1v) is 10.6. The van der Waals surface area contributed by atoms with Crippen molar-refractivity contribution in [2.75, 3.05) is 39.3 Å². The van der Waals surface area contributed by atoms with Crippen LogP contribution in [0.4, 0.5) is 5.82 Å². The minimum atomic E-state index is -0.173. The van der Waals surface area contributed by atoms with Gasteiger partial charge >= 0.3 is 0 Å². The maximum Gasteiger partial charge on any atom is 0.255 e. The zero-order valence-corrected chi connectivity index (χ0v) is 18.6. The Morgan fingerprint density at radius 3 is 2.62 bits per heavy atom. The molecule has 1 atom stereocenters. The van der Waals surface area contributed by atoms with Crippen molar-refractivity contribution in [3.05, 3.63) is 54.1 Å². The van der Waals surface area contributed by atoms with Crippen LogP contribution in [0.2, 0.25) is 0 Å². The minimum Gasteiger partial charge on any atom is -0.497 e. The van der Waals surface area contributed by atoms with E-state index < -0.39 is 0 Å². The van der Waals surface area contributed by atoms with E-state index in [2.05, 4.69) is 20.4 Å². The van der Waals surface area contributed by atoms with E-state index in [1.165, 1.54) is 7.11 Å². The summed E-state index contributed by atoms with van der Waals surface area (Å²) in [5.74, 6) is 2.49. The molecular formula is C24H28N4O4. The molecule has 1 aromatic heterocycles. The number of rotatable bonds is 7. The molecule has 0 radical (unpaired) electrons. The van der Waals surface area contributed by atoms with Gasteiger partial charge in [-0.15, -0.1) is 0 Å². The molecule has 0 aliphatic carbocycles. The first-order chi connectivity index (χ1) is 15.6. The first-order valence-electron chi connectivity index (χ1n) is 10.6. The molecule has 1 aliphatic rings. The zero-order valence-electron chi connectivity index (χ0n) is 18.6. The number of methoxy groups -OCH3 is 3. The number of hydrogen-bond acceptors (Lipinski definition) is 6. The van der Waals surface area contributed by atoms with Crippen LogP contribution < -0.4 is 24.4 Å². The van der Waals surface area contributed by atoms with Crippen molar-refractivity contribution >= 4 is 11.7 Å². The lowest BCUT2D eigenvalue weighted by atomic mass is 10.0. The van der Waals surface area contributed by atoms with Gasteiger partial charge in [-0.25, -0.2) is 0 Å². The summed E-state index contributed by atoms with van der Waals surface area (Å²) >= 11 is 0. The molecule has 4 rings (SSSR count). The summed E-state index contributed by atoms with van der Waals surface area (Å²) in [4.78, 5) is 15.1. The lowest BCUT2D eigenvalue weighted by Gasteiger charge is -2.33. The molecule has 168 valence electrons. The number of anilines is 1. The molecule has 32 heavy (non-hydrogen) atoms. The molecule has 1 saturated heterocycles. The van der Waals surface area contributed by atoms with Gasteiger partial charge in [-0.3, -0.25) is 9.89 Å². The molecule has 8 heteroatoms. The average Bonchev–Trinajstić information content (AvgIpc) is 3.34. The van der Waals surface area contributed by atoms with Crippen LogP contribution in [0.1, 0.15) is 23.2 Å². The number of carbonyl (C=O) groups is 1. The summed E-state index contributed by atoms with van der Waals surface area (Å²) in [5, 5.41) is 10.8. The lowest BCUT2D eigenvalue weighted by molar-refractivity contribution is 0.0929. The van der Waals surface area contributed by atoms with E-state index in [1.807, 2.05) is 30.3 Å². The summed E-state index contributed by atoms with van der Waals surface area (Å²) in [5.41, 5.74) is 2.44. The average molecular weight is 437 g/mol. The molecule has 8 nitrogen and oxygen atoms in total. The molecule has 0 bridgehead atoms. The Balaban J connectivity index is 1.44. The smallest absolute Gasteiger partial charge is 0.255 e. The van der Waals surface area contributed by atoms with Gasteiger partial charge in [0.1, 0.15) is 5.75 Å². The molecular weight excluding hydrogens is 408 g/mol. The third kappa shape index (κ3) is 4.49. The van der Waals surface area contributed by atoms with Crippen molar-refractivity contribution < 1.29 is 19.0 Å². The third-order valence-electron chi connectivity index (χ3n) is 5.69. The zero-order chi connectivity index (χ0) is 22.5. The van der Waals surface area contributed by atoms with E-state index in [4.69, 9.17) is 14.2 Å². The highest BCUT2D eigenvalue weighted by Crippen LogP contribution is 2.31. The number of benzene rings is 2. The van der Waals surface area contributed by atoms with Crippen molar-refractivity contribution in [1.82, 2.24) is 15.5 Å². The van der Waals surface area contributed by atoms with Crippen molar-refractivity contribution in [1.29, 1.82) is 0 Å². The first kappa shape index (κ1) is 21.5. The van der Waals surface area contributed by atoms with Crippen LogP contribution >= 0.6 is 0 Å². The normalized spacial score (nSPS) is 15.8. The van der Waals surface area contributed by atoms with E-state index >= 15 is 0 Å². The van der Waals surface area contributed by atoms with E-state index in [0.717, 1.165) is 42.2 Å². The monoisotopic (exact) mass is 436 g/mol. The van der Waals surface area contributed by atoms with Crippen LogP contribution in [0.25, 0.3) is 11.3 Å². The summed E-state index contributed by atoms with van der Waals surface area (Å²) in [7, 11) is 4.75. The number of para-hydroxylation sites is 1. The molecule has 2 aromatic carbocycles. The SMILES string of the molecule is COc1ccc(-c2cc(N3CCCC(NC(=O)c4cccc(OC)c4OC)C3)n[nH]2)cc1. The lowest BCUT2D eigenvalue weighted by Crippen LogP contribution is -2.48. The molecule has 0 saturated carbocycles. The van der Waals surface area contributed by atoms with Crippen LogP contribution in [0, 0.1) is 0 Å². The second-order valence-electron chi connectivity index (χ2n) is 7.67. The van der Waals surface area contributed by atoms with Gasteiger partial charge in [0, 0.05) is 25.2 Å². The van der Waals surface area contributed by atoms with Crippen LogP contribution in [0.5, 0.6) is 17.2 Å². The summed E-state index contributed by atoms with van der Waals surface area (Å²) in [6, 6.07) is 15.2. The van der Waals surface area contributed by atoms with E-state index in [9.17, 15) is 4.79 Å². The largest absolute Gasteiger partial charge is 0.497 e. The Bertz CT molecular complexity index is 1060. The predicted molar refractivity (Wildman–Crippen MR) is 123 cm³/mol. The van der Waals surface area contributed by atoms with E-state index in [1.54, 1.807) is 32.4 Å². The fraction of sp³-hybridized carbons (Fsp3) is 0.333. The number of aromatic nitrogens is 2. The Hall–Kier alpha value is -3.68.